The van der Waals surface area contributed by atoms with Crippen LogP contribution in [-0.4, -0.2) is 5.11 Å². The van der Waals surface area contributed by atoms with Crippen molar-refractivity contribution in [1.29, 1.82) is 0 Å². The number of rotatable bonds is 0. The quantitative estimate of drug-likeness (QED) is 0.583. The van der Waals surface area contributed by atoms with Gasteiger partial charge in [-0.3, -0.25) is 0 Å². The van der Waals surface area contributed by atoms with E-state index >= 15 is 0 Å². The lowest BCUT2D eigenvalue weighted by molar-refractivity contribution is 0.474. The van der Waals surface area contributed by atoms with Gasteiger partial charge >= 0.3 is 0 Å². The van der Waals surface area contributed by atoms with E-state index in [0.717, 1.165) is 6.42 Å². The second-order valence-electron chi connectivity index (χ2n) is 2.81. The van der Waals surface area contributed by atoms with E-state index in [1.54, 1.807) is 6.07 Å². The third-order valence-corrected chi connectivity index (χ3v) is 2.08. The molecule has 0 heterocycles. The highest BCUT2D eigenvalue weighted by atomic mass is 16.3. The van der Waals surface area contributed by atoms with Crippen LogP contribution in [0, 0.1) is 0 Å². The Morgan fingerprint density at radius 2 is 2.00 bits per heavy atom. The van der Waals surface area contributed by atoms with Crippen LogP contribution in [0.4, 0.5) is 0 Å². The van der Waals surface area contributed by atoms with Crippen molar-refractivity contribution in [2.45, 2.75) is 19.3 Å². The van der Waals surface area contributed by atoms with E-state index in [0.29, 0.717) is 5.75 Å². The minimum atomic E-state index is 0. The van der Waals surface area contributed by atoms with Gasteiger partial charge in [-0.2, -0.15) is 0 Å². The van der Waals surface area contributed by atoms with Crippen molar-refractivity contribution in [3.63, 3.8) is 0 Å². The van der Waals surface area contributed by atoms with Crippen LogP contribution in [0.5, 0.6) is 5.75 Å². The predicted molar refractivity (Wildman–Crippen MR) is 44.4 cm³/mol. The molecule has 1 aromatic rings. The van der Waals surface area contributed by atoms with Crippen LogP contribution in [0.25, 0.3) is 0 Å². The number of aromatic hydroxyl groups is 1. The Kier molecular flexibility index (Phi) is 1.16. The first-order valence-electron chi connectivity index (χ1n) is 3.67. The van der Waals surface area contributed by atoms with Gasteiger partial charge in [0.05, 0.1) is 0 Å². The minimum Gasteiger partial charge on any atom is -0.508 e. The van der Waals surface area contributed by atoms with Crippen LogP contribution < -0.4 is 0 Å². The Morgan fingerprint density at radius 1 is 1.20 bits per heavy atom. The Balaban J connectivity index is 0.000000605. The Hall–Kier alpha value is -0.980. The molecule has 0 atom stereocenters. The van der Waals surface area contributed by atoms with Gasteiger partial charge in [-0.1, -0.05) is 6.07 Å². The maximum absolute atomic E-state index is 9.10. The number of phenols is 1. The van der Waals surface area contributed by atoms with Crippen molar-refractivity contribution < 1.29 is 7.96 Å². The molecule has 0 saturated heterocycles. The molecule has 0 saturated carbocycles. The number of benzene rings is 1. The molecule has 56 valence electrons. The average molecular weight is 138 g/mol. The normalized spacial score (nSPS) is 15.2. The van der Waals surface area contributed by atoms with E-state index in [9.17, 15) is 0 Å². The lowest BCUT2D eigenvalue weighted by Crippen LogP contribution is -1.78. The molecule has 1 nitrogen and oxygen atoms in total. The highest BCUT2D eigenvalue weighted by Crippen LogP contribution is 2.24. The third kappa shape index (κ3) is 0.783. The number of hydrogen-bond acceptors (Lipinski definition) is 1. The van der Waals surface area contributed by atoms with Crippen molar-refractivity contribution in [2.75, 3.05) is 0 Å². The van der Waals surface area contributed by atoms with Gasteiger partial charge in [0.15, 0.2) is 0 Å². The number of aryl methyl sites for hydroxylation is 2. The monoisotopic (exact) mass is 138 g/mol. The van der Waals surface area contributed by atoms with Crippen molar-refractivity contribution in [1.82, 2.24) is 0 Å². The van der Waals surface area contributed by atoms with Crippen LogP contribution >= 0.6 is 0 Å². The molecule has 0 amide bonds. The van der Waals surface area contributed by atoms with Gasteiger partial charge in [-0.05, 0) is 42.5 Å². The molecule has 1 aromatic carbocycles. The summed E-state index contributed by atoms with van der Waals surface area (Å²) in [6, 6.07) is 5.67. The standard InChI is InChI=1S/C9H10O.2H2/c10-9-5-4-7-2-1-3-8(7)6-9;;/h4-6,10H,1-3H2;2*1H. The zero-order chi connectivity index (χ0) is 6.97. The molecule has 1 N–H and O–H groups in total. The number of hydrogen-bond donors (Lipinski definition) is 1. The SMILES string of the molecule is Oc1ccc2c(c1)CCC2.[HH].[HH]. The molecule has 1 aliphatic carbocycles. The summed E-state index contributed by atoms with van der Waals surface area (Å²) < 4.78 is 0. The largest absolute Gasteiger partial charge is 0.508 e. The van der Waals surface area contributed by atoms with Gasteiger partial charge < -0.3 is 5.11 Å². The molecular weight excluding hydrogens is 124 g/mol. The van der Waals surface area contributed by atoms with E-state index in [1.165, 1.54) is 24.0 Å². The summed E-state index contributed by atoms with van der Waals surface area (Å²) in [4.78, 5) is 0. The van der Waals surface area contributed by atoms with Crippen molar-refractivity contribution in [3.8, 4) is 5.75 Å². The van der Waals surface area contributed by atoms with Crippen molar-refractivity contribution >= 4 is 0 Å². The lowest BCUT2D eigenvalue weighted by Gasteiger charge is -1.97. The van der Waals surface area contributed by atoms with Crippen LogP contribution in [0.1, 0.15) is 20.4 Å². The van der Waals surface area contributed by atoms with Gasteiger partial charge in [-0.25, -0.2) is 0 Å². The second-order valence-corrected chi connectivity index (χ2v) is 2.81. The molecule has 0 spiro atoms. The number of fused-ring (bicyclic) bond motifs is 1. The van der Waals surface area contributed by atoms with Crippen LogP contribution in [0.15, 0.2) is 18.2 Å². The molecule has 0 aliphatic heterocycles. The number of phenolic OH excluding ortho intramolecular Hbond substituents is 1. The molecule has 0 aromatic heterocycles. The zero-order valence-electron chi connectivity index (χ0n) is 5.80. The Morgan fingerprint density at radius 3 is 2.90 bits per heavy atom. The van der Waals surface area contributed by atoms with E-state index in [2.05, 4.69) is 0 Å². The summed E-state index contributed by atoms with van der Waals surface area (Å²) in [5, 5.41) is 9.10. The van der Waals surface area contributed by atoms with E-state index in [4.69, 9.17) is 5.11 Å². The fourth-order valence-corrected chi connectivity index (χ4v) is 1.56. The topological polar surface area (TPSA) is 20.2 Å². The van der Waals surface area contributed by atoms with Crippen molar-refractivity contribution in [2.24, 2.45) is 0 Å². The van der Waals surface area contributed by atoms with E-state index < -0.39 is 0 Å². The highest BCUT2D eigenvalue weighted by molar-refractivity contribution is 5.37. The third-order valence-electron chi connectivity index (χ3n) is 2.08. The Labute approximate surface area is 63.3 Å². The fourth-order valence-electron chi connectivity index (χ4n) is 1.56. The van der Waals surface area contributed by atoms with Crippen molar-refractivity contribution in [3.05, 3.63) is 29.3 Å². The molecule has 1 aliphatic rings. The molecule has 0 radical (unpaired) electrons. The molecule has 10 heavy (non-hydrogen) atoms. The first-order chi connectivity index (χ1) is 4.86. The van der Waals surface area contributed by atoms with Gasteiger partial charge in [0.1, 0.15) is 5.75 Å². The molecule has 2 rings (SSSR count). The minimum absolute atomic E-state index is 0. The van der Waals surface area contributed by atoms with Crippen LogP contribution in [0.2, 0.25) is 0 Å². The summed E-state index contributed by atoms with van der Waals surface area (Å²) in [7, 11) is 0. The summed E-state index contributed by atoms with van der Waals surface area (Å²) in [5.41, 5.74) is 2.75. The first-order valence-corrected chi connectivity index (χ1v) is 3.67. The molecule has 0 unspecified atom stereocenters. The predicted octanol–water partition coefficient (Wildman–Crippen LogP) is 2.37. The maximum atomic E-state index is 9.10. The molecule has 0 bridgehead atoms. The first kappa shape index (κ1) is 5.78. The molecule has 1 heteroatoms. The molecular formula is C9H14O. The lowest BCUT2D eigenvalue weighted by atomic mass is 10.1. The molecule has 0 fully saturated rings. The fraction of sp³-hybridized carbons (Fsp3) is 0.333. The average Bonchev–Trinajstić information content (AvgIpc) is 2.33. The van der Waals surface area contributed by atoms with Gasteiger partial charge in [0.25, 0.3) is 0 Å². The van der Waals surface area contributed by atoms with E-state index in [-0.39, 0.29) is 2.85 Å². The highest BCUT2D eigenvalue weighted by Gasteiger charge is 2.09. The summed E-state index contributed by atoms with van der Waals surface area (Å²) in [6.45, 7) is 0. The second kappa shape index (κ2) is 2.01. The van der Waals surface area contributed by atoms with E-state index in [1.807, 2.05) is 12.1 Å². The van der Waals surface area contributed by atoms with Gasteiger partial charge in [0, 0.05) is 2.85 Å². The zero-order valence-corrected chi connectivity index (χ0v) is 5.80. The smallest absolute Gasteiger partial charge is 0.115 e. The summed E-state index contributed by atoms with van der Waals surface area (Å²) in [5.74, 6) is 0.403. The Bertz CT molecular complexity index is 261. The summed E-state index contributed by atoms with van der Waals surface area (Å²) in [6.07, 6.45) is 3.58. The van der Waals surface area contributed by atoms with Crippen LogP contribution in [0.3, 0.4) is 0 Å². The summed E-state index contributed by atoms with van der Waals surface area (Å²) >= 11 is 0. The van der Waals surface area contributed by atoms with Gasteiger partial charge in [0.2, 0.25) is 0 Å². The maximum Gasteiger partial charge on any atom is 0.115 e. The van der Waals surface area contributed by atoms with Crippen LogP contribution in [-0.2, 0) is 12.8 Å². The van der Waals surface area contributed by atoms with Gasteiger partial charge in [-0.15, -0.1) is 0 Å².